The van der Waals surface area contributed by atoms with Gasteiger partial charge in [-0.15, -0.1) is 10.2 Å². The fourth-order valence-electron chi connectivity index (χ4n) is 4.54. The summed E-state index contributed by atoms with van der Waals surface area (Å²) in [5.41, 5.74) is 0.548. The number of carbonyl (C=O) groups is 1. The number of hydrogen-bond donors (Lipinski definition) is 0. The van der Waals surface area contributed by atoms with Crippen LogP contribution in [-0.4, -0.2) is 64.7 Å². The van der Waals surface area contributed by atoms with Gasteiger partial charge in [0.2, 0.25) is 21.8 Å². The molecule has 8 nitrogen and oxygen atoms in total. The lowest BCUT2D eigenvalue weighted by molar-refractivity contribution is -0.134. The largest absolute Gasteiger partial charge is 0.411 e. The van der Waals surface area contributed by atoms with E-state index in [0.717, 1.165) is 38.5 Å². The van der Waals surface area contributed by atoms with Gasteiger partial charge >= 0.3 is 0 Å². The maximum Gasteiger partial charge on any atom is 0.277 e. The van der Waals surface area contributed by atoms with E-state index in [1.165, 1.54) is 11.8 Å². The molecule has 0 unspecified atom stereocenters. The first kappa shape index (κ1) is 23.3. The smallest absolute Gasteiger partial charge is 0.277 e. The first-order valence-corrected chi connectivity index (χ1v) is 13.7. The molecule has 2 atom stereocenters. The number of aromatic nitrogens is 2. The molecule has 0 N–H and O–H groups in total. The molecule has 1 amide bonds. The molecule has 0 aliphatic carbocycles. The zero-order chi connectivity index (χ0) is 22.7. The molecular formula is C22H30N4O4S2. The zero-order valence-corrected chi connectivity index (χ0v) is 20.2. The summed E-state index contributed by atoms with van der Waals surface area (Å²) < 4.78 is 33.2. The Kier molecular flexibility index (Phi) is 7.21. The normalized spacial score (nSPS) is 22.8. The minimum absolute atomic E-state index is 0.0732. The van der Waals surface area contributed by atoms with Crippen LogP contribution in [0.1, 0.15) is 52.4 Å². The number of rotatable bonds is 6. The van der Waals surface area contributed by atoms with Crippen molar-refractivity contribution in [1.82, 2.24) is 19.4 Å². The number of hydrogen-bond acceptors (Lipinski definition) is 7. The van der Waals surface area contributed by atoms with Crippen LogP contribution < -0.4 is 0 Å². The fraction of sp³-hybridized carbons (Fsp3) is 0.591. The maximum absolute atomic E-state index is 13.0. The lowest BCUT2D eigenvalue weighted by Crippen LogP contribution is -2.48. The third kappa shape index (κ3) is 5.02. The number of thioether (sulfide) groups is 1. The van der Waals surface area contributed by atoms with Crippen molar-refractivity contribution in [2.45, 2.75) is 74.6 Å². The second kappa shape index (κ2) is 9.93. The molecule has 32 heavy (non-hydrogen) atoms. The number of benzene rings is 1. The lowest BCUT2D eigenvalue weighted by Gasteiger charge is -2.39. The molecule has 2 aliphatic rings. The Labute approximate surface area is 193 Å². The van der Waals surface area contributed by atoms with Crippen molar-refractivity contribution in [2.75, 3.05) is 18.8 Å². The minimum atomic E-state index is -3.54. The molecule has 2 saturated heterocycles. The van der Waals surface area contributed by atoms with Crippen LogP contribution in [0.4, 0.5) is 0 Å². The van der Waals surface area contributed by atoms with E-state index < -0.39 is 10.0 Å². The predicted octanol–water partition coefficient (Wildman–Crippen LogP) is 3.79. The molecule has 2 aromatic rings. The summed E-state index contributed by atoms with van der Waals surface area (Å²) in [7, 11) is -3.54. The van der Waals surface area contributed by atoms with Crippen molar-refractivity contribution < 1.29 is 17.6 Å². The first-order valence-electron chi connectivity index (χ1n) is 11.2. The number of sulfonamides is 1. The van der Waals surface area contributed by atoms with Crippen molar-refractivity contribution in [2.24, 2.45) is 0 Å². The Hall–Kier alpha value is -1.91. The van der Waals surface area contributed by atoms with Gasteiger partial charge in [0.1, 0.15) is 0 Å². The molecule has 0 bridgehead atoms. The number of likely N-dealkylation sites (tertiary alicyclic amines) is 1. The second-order valence-corrected chi connectivity index (χ2v) is 11.4. The summed E-state index contributed by atoms with van der Waals surface area (Å²) in [5.74, 6) is 0.555. The summed E-state index contributed by atoms with van der Waals surface area (Å²) in [6.45, 7) is 5.29. The highest BCUT2D eigenvalue weighted by molar-refractivity contribution is 7.99. The molecule has 0 spiro atoms. The summed E-state index contributed by atoms with van der Waals surface area (Å²) >= 11 is 1.22. The van der Waals surface area contributed by atoms with Crippen molar-refractivity contribution >= 4 is 27.7 Å². The Bertz CT molecular complexity index is 1040. The average Bonchev–Trinajstić information content (AvgIpc) is 3.27. The van der Waals surface area contributed by atoms with Gasteiger partial charge in [-0.2, -0.15) is 4.31 Å². The van der Waals surface area contributed by atoms with Gasteiger partial charge in [-0.3, -0.25) is 4.79 Å². The predicted molar refractivity (Wildman–Crippen MR) is 123 cm³/mol. The molecule has 10 heteroatoms. The highest BCUT2D eigenvalue weighted by Gasteiger charge is 2.29. The van der Waals surface area contributed by atoms with Crippen LogP contribution in [0.25, 0.3) is 11.5 Å². The van der Waals surface area contributed by atoms with Crippen molar-refractivity contribution in [3.63, 3.8) is 0 Å². The van der Waals surface area contributed by atoms with Gasteiger partial charge in [-0.1, -0.05) is 24.2 Å². The van der Waals surface area contributed by atoms with E-state index in [9.17, 15) is 13.2 Å². The van der Waals surface area contributed by atoms with Crippen LogP contribution in [0.15, 0.2) is 38.8 Å². The first-order chi connectivity index (χ1) is 15.4. The SMILES string of the molecule is C[C@@H]1CCC[C@@H](C)N1C(=O)CSc1nnc(-c2cccc(S(=O)(=O)N3CCCCC3)c2)o1. The average molecular weight is 479 g/mol. The van der Waals surface area contributed by atoms with Gasteiger partial charge in [0, 0.05) is 30.7 Å². The number of piperidine rings is 2. The highest BCUT2D eigenvalue weighted by atomic mass is 32.2. The van der Waals surface area contributed by atoms with E-state index in [2.05, 4.69) is 24.0 Å². The molecular weight excluding hydrogens is 448 g/mol. The second-order valence-electron chi connectivity index (χ2n) is 8.58. The quantitative estimate of drug-likeness (QED) is 0.583. The monoisotopic (exact) mass is 478 g/mol. The van der Waals surface area contributed by atoms with Crippen LogP contribution >= 0.6 is 11.8 Å². The molecule has 0 radical (unpaired) electrons. The summed E-state index contributed by atoms with van der Waals surface area (Å²) in [6, 6.07) is 7.10. The topological polar surface area (TPSA) is 96.6 Å². The molecule has 174 valence electrons. The van der Waals surface area contributed by atoms with E-state index in [0.29, 0.717) is 23.9 Å². The van der Waals surface area contributed by atoms with Crippen LogP contribution in [0.2, 0.25) is 0 Å². The molecule has 4 rings (SSSR count). The van der Waals surface area contributed by atoms with Crippen molar-refractivity contribution in [3.05, 3.63) is 24.3 Å². The van der Waals surface area contributed by atoms with E-state index >= 15 is 0 Å². The number of amides is 1. The maximum atomic E-state index is 13.0. The van der Waals surface area contributed by atoms with E-state index in [-0.39, 0.29) is 34.5 Å². The Morgan fingerprint density at radius 2 is 1.81 bits per heavy atom. The van der Waals surface area contributed by atoms with Gasteiger partial charge in [-0.25, -0.2) is 8.42 Å². The van der Waals surface area contributed by atoms with E-state index in [4.69, 9.17) is 4.42 Å². The molecule has 0 saturated carbocycles. The third-order valence-corrected chi connectivity index (χ3v) is 8.94. The van der Waals surface area contributed by atoms with E-state index in [1.807, 2.05) is 4.90 Å². The molecule has 3 heterocycles. The van der Waals surface area contributed by atoms with Crippen LogP contribution in [0.3, 0.4) is 0 Å². The summed E-state index contributed by atoms with van der Waals surface area (Å²) in [4.78, 5) is 14.9. The zero-order valence-electron chi connectivity index (χ0n) is 18.6. The van der Waals surface area contributed by atoms with Gasteiger partial charge in [0.15, 0.2) is 0 Å². The van der Waals surface area contributed by atoms with Crippen LogP contribution in [0.5, 0.6) is 0 Å². The Morgan fingerprint density at radius 3 is 2.53 bits per heavy atom. The highest BCUT2D eigenvalue weighted by Crippen LogP contribution is 2.28. The van der Waals surface area contributed by atoms with Crippen molar-refractivity contribution in [1.29, 1.82) is 0 Å². The van der Waals surface area contributed by atoms with Gasteiger partial charge in [-0.05, 0) is 64.2 Å². The fourth-order valence-corrected chi connectivity index (χ4v) is 6.74. The number of carbonyl (C=O) groups excluding carboxylic acids is 1. The summed E-state index contributed by atoms with van der Waals surface area (Å²) in [5, 5.41) is 8.42. The van der Waals surface area contributed by atoms with Gasteiger partial charge in [0.25, 0.3) is 5.22 Å². The minimum Gasteiger partial charge on any atom is -0.411 e. The van der Waals surface area contributed by atoms with E-state index in [1.54, 1.807) is 28.6 Å². The molecule has 1 aromatic heterocycles. The van der Waals surface area contributed by atoms with Crippen LogP contribution in [-0.2, 0) is 14.8 Å². The molecule has 2 fully saturated rings. The van der Waals surface area contributed by atoms with Gasteiger partial charge in [0.05, 0.1) is 10.6 Å². The standard InChI is InChI=1S/C22H30N4O4S2/c1-16-8-6-9-17(2)26(16)20(27)15-31-22-24-23-21(30-22)18-10-7-11-19(14-18)32(28,29)25-12-4-3-5-13-25/h7,10-11,14,16-17H,3-6,8-9,12-13,15H2,1-2H3/t16-,17-/m1/s1. The summed E-state index contributed by atoms with van der Waals surface area (Å²) in [6.07, 6.45) is 6.05. The third-order valence-electron chi connectivity index (χ3n) is 6.24. The lowest BCUT2D eigenvalue weighted by atomic mass is 9.98. The number of nitrogens with zero attached hydrogens (tertiary/aromatic N) is 4. The molecule has 2 aliphatic heterocycles. The van der Waals surface area contributed by atoms with Gasteiger partial charge < -0.3 is 9.32 Å². The Morgan fingerprint density at radius 1 is 1.09 bits per heavy atom. The molecule has 1 aromatic carbocycles. The Balaban J connectivity index is 1.43. The van der Waals surface area contributed by atoms with Crippen LogP contribution in [0, 0.1) is 0 Å². The van der Waals surface area contributed by atoms with Crippen molar-refractivity contribution in [3.8, 4) is 11.5 Å².